The maximum absolute atomic E-state index is 12.0. The molecule has 6 nitrogen and oxygen atoms in total. The lowest BCUT2D eigenvalue weighted by molar-refractivity contribution is 0.0198. The monoisotopic (exact) mass is 308 g/mol. The highest BCUT2D eigenvalue weighted by Gasteiger charge is 2.27. The van der Waals surface area contributed by atoms with Crippen LogP contribution in [0.2, 0.25) is 0 Å². The molecule has 0 spiro atoms. The molecule has 2 heterocycles. The number of furan rings is 1. The summed E-state index contributed by atoms with van der Waals surface area (Å²) in [6.07, 6.45) is 2.85. The van der Waals surface area contributed by atoms with Gasteiger partial charge in [0.1, 0.15) is 5.60 Å². The van der Waals surface area contributed by atoms with Gasteiger partial charge in [-0.3, -0.25) is 4.79 Å². The zero-order valence-corrected chi connectivity index (χ0v) is 13.4. The van der Waals surface area contributed by atoms with Gasteiger partial charge in [0.2, 0.25) is 5.78 Å². The maximum atomic E-state index is 12.0. The van der Waals surface area contributed by atoms with Crippen LogP contribution in [0.3, 0.4) is 0 Å². The first-order chi connectivity index (χ1) is 10.3. The normalized spacial score (nSPS) is 16.6. The second-order valence-electron chi connectivity index (χ2n) is 6.52. The molecule has 6 heteroatoms. The summed E-state index contributed by atoms with van der Waals surface area (Å²) >= 11 is 0. The number of piperidine rings is 1. The number of ketones is 1. The maximum Gasteiger partial charge on any atom is 0.410 e. The SMILES string of the molecule is CC(C)(C)OC(=O)N1CCC(NCC(=O)c2ccco2)CC1. The molecule has 0 saturated carbocycles. The summed E-state index contributed by atoms with van der Waals surface area (Å²) < 4.78 is 10.4. The number of hydrogen-bond donors (Lipinski definition) is 1. The fourth-order valence-electron chi connectivity index (χ4n) is 2.35. The van der Waals surface area contributed by atoms with E-state index in [-0.39, 0.29) is 24.5 Å². The van der Waals surface area contributed by atoms with E-state index >= 15 is 0 Å². The van der Waals surface area contributed by atoms with Crippen LogP contribution in [0.5, 0.6) is 0 Å². The van der Waals surface area contributed by atoms with E-state index in [1.807, 2.05) is 20.8 Å². The van der Waals surface area contributed by atoms with Gasteiger partial charge in [-0.25, -0.2) is 4.79 Å². The Morgan fingerprint density at radius 2 is 2.05 bits per heavy atom. The molecular formula is C16H24N2O4. The summed E-state index contributed by atoms with van der Waals surface area (Å²) in [4.78, 5) is 25.5. The highest BCUT2D eigenvalue weighted by atomic mass is 16.6. The standard InChI is InChI=1S/C16H24N2O4/c1-16(2,3)22-15(20)18-8-6-12(7-9-18)17-11-13(19)14-5-4-10-21-14/h4-5,10,12,17H,6-9,11H2,1-3H3. The molecule has 122 valence electrons. The Balaban J connectivity index is 1.71. The first-order valence-electron chi connectivity index (χ1n) is 7.63. The number of carbonyl (C=O) groups excluding carboxylic acids is 2. The van der Waals surface area contributed by atoms with Crippen LogP contribution in [0, 0.1) is 0 Å². The molecule has 1 aliphatic heterocycles. The molecule has 1 fully saturated rings. The van der Waals surface area contributed by atoms with E-state index in [9.17, 15) is 9.59 Å². The first-order valence-corrected chi connectivity index (χ1v) is 7.63. The fraction of sp³-hybridized carbons (Fsp3) is 0.625. The van der Waals surface area contributed by atoms with Crippen LogP contribution in [-0.2, 0) is 4.74 Å². The van der Waals surface area contributed by atoms with Crippen molar-refractivity contribution in [2.75, 3.05) is 19.6 Å². The Morgan fingerprint density at radius 1 is 1.36 bits per heavy atom. The van der Waals surface area contributed by atoms with Gasteiger partial charge in [0, 0.05) is 19.1 Å². The molecule has 1 saturated heterocycles. The number of ether oxygens (including phenoxy) is 1. The predicted octanol–water partition coefficient (Wildman–Crippen LogP) is 2.45. The molecule has 0 atom stereocenters. The van der Waals surface area contributed by atoms with Gasteiger partial charge in [-0.1, -0.05) is 0 Å². The summed E-state index contributed by atoms with van der Waals surface area (Å²) in [5.41, 5.74) is -0.471. The molecule has 22 heavy (non-hydrogen) atoms. The Morgan fingerprint density at radius 3 is 2.59 bits per heavy atom. The number of Topliss-reactive ketones (excluding diaryl/α,β-unsaturated/α-hetero) is 1. The highest BCUT2D eigenvalue weighted by molar-refractivity contribution is 5.95. The number of carbonyl (C=O) groups is 2. The quantitative estimate of drug-likeness (QED) is 0.865. The van der Waals surface area contributed by atoms with E-state index in [1.54, 1.807) is 17.0 Å². The van der Waals surface area contributed by atoms with Crippen LogP contribution in [0.4, 0.5) is 4.79 Å². The fourth-order valence-corrected chi connectivity index (χ4v) is 2.35. The van der Waals surface area contributed by atoms with Crippen molar-refractivity contribution in [3.63, 3.8) is 0 Å². The Labute approximate surface area is 130 Å². The van der Waals surface area contributed by atoms with E-state index in [0.29, 0.717) is 18.8 Å². The van der Waals surface area contributed by atoms with Crippen molar-refractivity contribution in [1.82, 2.24) is 10.2 Å². The zero-order chi connectivity index (χ0) is 16.2. The van der Waals surface area contributed by atoms with Crippen LogP contribution in [0.25, 0.3) is 0 Å². The average Bonchev–Trinajstić information content (AvgIpc) is 2.97. The number of likely N-dealkylation sites (tertiary alicyclic amines) is 1. The van der Waals surface area contributed by atoms with Crippen molar-refractivity contribution in [1.29, 1.82) is 0 Å². The number of rotatable bonds is 4. The van der Waals surface area contributed by atoms with E-state index in [2.05, 4.69) is 5.32 Å². The summed E-state index contributed by atoms with van der Waals surface area (Å²) in [6.45, 7) is 7.12. The highest BCUT2D eigenvalue weighted by Crippen LogP contribution is 2.15. The molecule has 1 aromatic rings. The third kappa shape index (κ3) is 4.87. The van der Waals surface area contributed by atoms with Gasteiger partial charge in [0.05, 0.1) is 12.8 Å². The third-order valence-electron chi connectivity index (χ3n) is 3.49. The van der Waals surface area contributed by atoms with Crippen LogP contribution in [0.1, 0.15) is 44.2 Å². The lowest BCUT2D eigenvalue weighted by Gasteiger charge is -2.33. The Bertz CT molecular complexity index is 497. The topological polar surface area (TPSA) is 71.8 Å². The number of hydrogen-bond acceptors (Lipinski definition) is 5. The van der Waals surface area contributed by atoms with Crippen LogP contribution in [0.15, 0.2) is 22.8 Å². The minimum Gasteiger partial charge on any atom is -0.461 e. The number of amides is 1. The molecular weight excluding hydrogens is 284 g/mol. The minimum absolute atomic E-state index is 0.0560. The molecule has 1 amide bonds. The van der Waals surface area contributed by atoms with Crippen molar-refractivity contribution in [3.05, 3.63) is 24.2 Å². The average molecular weight is 308 g/mol. The molecule has 1 N–H and O–H groups in total. The lowest BCUT2D eigenvalue weighted by atomic mass is 10.1. The van der Waals surface area contributed by atoms with Gasteiger partial charge in [-0.05, 0) is 45.7 Å². The van der Waals surface area contributed by atoms with Crippen molar-refractivity contribution < 1.29 is 18.7 Å². The van der Waals surface area contributed by atoms with E-state index in [1.165, 1.54) is 6.26 Å². The minimum atomic E-state index is -0.471. The summed E-state index contributed by atoms with van der Waals surface area (Å²) in [5, 5.41) is 3.23. The molecule has 1 aromatic heterocycles. The molecule has 1 aliphatic rings. The van der Waals surface area contributed by atoms with Crippen molar-refractivity contribution in [3.8, 4) is 0 Å². The predicted molar refractivity (Wildman–Crippen MR) is 81.9 cm³/mol. The molecule has 0 unspecified atom stereocenters. The van der Waals surface area contributed by atoms with Gasteiger partial charge in [-0.15, -0.1) is 0 Å². The zero-order valence-electron chi connectivity index (χ0n) is 13.4. The van der Waals surface area contributed by atoms with Crippen LogP contribution < -0.4 is 5.32 Å². The second-order valence-corrected chi connectivity index (χ2v) is 6.52. The van der Waals surface area contributed by atoms with Gasteiger partial charge in [0.15, 0.2) is 5.76 Å². The van der Waals surface area contributed by atoms with Gasteiger partial charge >= 0.3 is 6.09 Å². The summed E-state index contributed by atoms with van der Waals surface area (Å²) in [6, 6.07) is 3.60. The van der Waals surface area contributed by atoms with Gasteiger partial charge < -0.3 is 19.4 Å². The molecule has 0 radical (unpaired) electrons. The van der Waals surface area contributed by atoms with Gasteiger partial charge in [-0.2, -0.15) is 0 Å². The Hall–Kier alpha value is -1.82. The molecule has 0 aromatic carbocycles. The van der Waals surface area contributed by atoms with Crippen LogP contribution >= 0.6 is 0 Å². The third-order valence-corrected chi connectivity index (χ3v) is 3.49. The van der Waals surface area contributed by atoms with E-state index in [4.69, 9.17) is 9.15 Å². The van der Waals surface area contributed by atoms with Crippen molar-refractivity contribution >= 4 is 11.9 Å². The smallest absolute Gasteiger partial charge is 0.410 e. The summed E-state index contributed by atoms with van der Waals surface area (Å²) in [7, 11) is 0. The van der Waals surface area contributed by atoms with Crippen molar-refractivity contribution in [2.45, 2.75) is 45.3 Å². The molecule has 0 aliphatic carbocycles. The first kappa shape index (κ1) is 16.5. The van der Waals surface area contributed by atoms with E-state index < -0.39 is 5.60 Å². The van der Waals surface area contributed by atoms with Crippen molar-refractivity contribution in [2.24, 2.45) is 0 Å². The Kier molecular flexibility index (Phi) is 5.24. The van der Waals surface area contributed by atoms with Gasteiger partial charge in [0.25, 0.3) is 0 Å². The van der Waals surface area contributed by atoms with Crippen LogP contribution in [-0.4, -0.2) is 48.1 Å². The second kappa shape index (κ2) is 6.96. The largest absolute Gasteiger partial charge is 0.461 e. The molecule has 0 bridgehead atoms. The molecule has 2 rings (SSSR count). The number of nitrogens with zero attached hydrogens (tertiary/aromatic N) is 1. The number of nitrogens with one attached hydrogen (secondary N) is 1. The van der Waals surface area contributed by atoms with E-state index in [0.717, 1.165) is 12.8 Å². The summed E-state index contributed by atoms with van der Waals surface area (Å²) in [5.74, 6) is 0.318. The lowest BCUT2D eigenvalue weighted by Crippen LogP contribution is -2.47.